The van der Waals surface area contributed by atoms with E-state index in [1.807, 2.05) is 0 Å². The van der Waals surface area contributed by atoms with Gasteiger partial charge in [0.25, 0.3) is 0 Å². The Morgan fingerprint density at radius 1 is 1.31 bits per heavy atom. The highest BCUT2D eigenvalue weighted by molar-refractivity contribution is 6.36. The summed E-state index contributed by atoms with van der Waals surface area (Å²) in [5.41, 5.74) is 7.02. The summed E-state index contributed by atoms with van der Waals surface area (Å²) >= 11 is 17.1. The summed E-state index contributed by atoms with van der Waals surface area (Å²) in [6.07, 6.45) is 3.57. The molecule has 1 aromatic carbocycles. The molecule has 0 unspecified atom stereocenters. The van der Waals surface area contributed by atoms with Gasteiger partial charge in [-0.3, -0.25) is 0 Å². The molecule has 1 nitrogen and oxygen atoms in total. The van der Waals surface area contributed by atoms with Gasteiger partial charge in [-0.15, -0.1) is 11.6 Å². The number of hydrogen-bond donors (Lipinski definition) is 1. The van der Waals surface area contributed by atoms with Gasteiger partial charge in [-0.25, -0.2) is 0 Å². The molecule has 0 atom stereocenters. The fourth-order valence-corrected chi connectivity index (χ4v) is 1.51. The number of nitrogens with two attached hydrogens (primary N) is 1. The van der Waals surface area contributed by atoms with E-state index in [9.17, 15) is 0 Å². The Morgan fingerprint density at radius 2 is 2.00 bits per heavy atom. The average molecular weight is 237 g/mol. The van der Waals surface area contributed by atoms with Crippen molar-refractivity contribution in [3.8, 4) is 0 Å². The van der Waals surface area contributed by atoms with Crippen LogP contribution in [0, 0.1) is 0 Å². The van der Waals surface area contributed by atoms with Crippen LogP contribution in [0.5, 0.6) is 0 Å². The molecule has 0 aliphatic rings. The fraction of sp³-hybridized carbons (Fsp3) is 0.111. The van der Waals surface area contributed by atoms with E-state index < -0.39 is 0 Å². The maximum atomic E-state index is 5.82. The van der Waals surface area contributed by atoms with Gasteiger partial charge in [0.15, 0.2) is 0 Å². The highest BCUT2D eigenvalue weighted by Gasteiger charge is 2.02. The number of allylic oxidation sites excluding steroid dienone is 1. The molecule has 0 amide bonds. The van der Waals surface area contributed by atoms with Gasteiger partial charge < -0.3 is 5.73 Å². The summed E-state index contributed by atoms with van der Waals surface area (Å²) in [7, 11) is 0. The van der Waals surface area contributed by atoms with Crippen LogP contribution in [-0.2, 0) is 0 Å². The van der Waals surface area contributed by atoms with Crippen LogP contribution in [0.3, 0.4) is 0 Å². The molecule has 0 saturated heterocycles. The summed E-state index contributed by atoms with van der Waals surface area (Å²) in [6.45, 7) is 0. The summed E-state index contributed by atoms with van der Waals surface area (Å²) in [5, 5.41) is 1.02. The Hall–Kier alpha value is -0.370. The SMILES string of the molecule is Nc1c(Cl)cc(Cl)cc1C=CCCl. The largest absolute Gasteiger partial charge is 0.397 e. The third-order valence-corrected chi connectivity index (χ3v) is 2.22. The zero-order chi connectivity index (χ0) is 9.84. The van der Waals surface area contributed by atoms with Gasteiger partial charge >= 0.3 is 0 Å². The smallest absolute Gasteiger partial charge is 0.0656 e. The van der Waals surface area contributed by atoms with Crippen molar-refractivity contribution >= 4 is 46.6 Å². The predicted molar refractivity (Wildman–Crippen MR) is 60.6 cm³/mol. The standard InChI is InChI=1S/C9H8Cl3N/c10-3-1-2-6-4-7(11)5-8(12)9(6)13/h1-2,4-5H,3,13H2. The minimum Gasteiger partial charge on any atom is -0.397 e. The quantitative estimate of drug-likeness (QED) is 0.613. The molecule has 1 aromatic rings. The van der Waals surface area contributed by atoms with Crippen molar-refractivity contribution in [2.45, 2.75) is 0 Å². The molecule has 70 valence electrons. The molecule has 1 rings (SSSR count). The first-order chi connectivity index (χ1) is 6.15. The number of nitrogen functional groups attached to an aromatic ring is 1. The molecular weight excluding hydrogens is 228 g/mol. The molecule has 0 spiro atoms. The Balaban J connectivity index is 3.12. The molecule has 2 N–H and O–H groups in total. The minimum atomic E-state index is 0.434. The van der Waals surface area contributed by atoms with Crippen molar-refractivity contribution in [1.29, 1.82) is 0 Å². The minimum absolute atomic E-state index is 0.434. The number of anilines is 1. The van der Waals surface area contributed by atoms with E-state index in [1.54, 1.807) is 24.3 Å². The second-order valence-electron chi connectivity index (χ2n) is 2.45. The van der Waals surface area contributed by atoms with E-state index in [-0.39, 0.29) is 0 Å². The van der Waals surface area contributed by atoms with Crippen LogP contribution >= 0.6 is 34.8 Å². The van der Waals surface area contributed by atoms with Crippen LogP contribution in [0.15, 0.2) is 18.2 Å². The first-order valence-electron chi connectivity index (χ1n) is 3.62. The monoisotopic (exact) mass is 235 g/mol. The van der Waals surface area contributed by atoms with Gasteiger partial charge in [-0.1, -0.05) is 35.4 Å². The van der Waals surface area contributed by atoms with E-state index >= 15 is 0 Å². The number of rotatable bonds is 2. The molecule has 0 bridgehead atoms. The highest BCUT2D eigenvalue weighted by atomic mass is 35.5. The van der Waals surface area contributed by atoms with Crippen molar-refractivity contribution in [2.24, 2.45) is 0 Å². The highest BCUT2D eigenvalue weighted by Crippen LogP contribution is 2.28. The van der Waals surface area contributed by atoms with Crippen molar-refractivity contribution in [2.75, 3.05) is 11.6 Å². The Morgan fingerprint density at radius 3 is 2.62 bits per heavy atom. The second kappa shape index (κ2) is 4.75. The maximum absolute atomic E-state index is 5.82. The lowest BCUT2D eigenvalue weighted by atomic mass is 10.1. The third kappa shape index (κ3) is 2.80. The molecule has 0 heterocycles. The molecular formula is C9H8Cl3N. The van der Waals surface area contributed by atoms with Gasteiger partial charge in [-0.2, -0.15) is 0 Å². The molecule has 13 heavy (non-hydrogen) atoms. The number of alkyl halides is 1. The number of benzene rings is 1. The zero-order valence-corrected chi connectivity index (χ0v) is 9.00. The Kier molecular flexibility index (Phi) is 3.91. The first-order valence-corrected chi connectivity index (χ1v) is 4.91. The first kappa shape index (κ1) is 10.7. The van der Waals surface area contributed by atoms with E-state index in [4.69, 9.17) is 40.5 Å². The van der Waals surface area contributed by atoms with E-state index in [1.165, 1.54) is 0 Å². The number of hydrogen-bond acceptors (Lipinski definition) is 1. The van der Waals surface area contributed by atoms with E-state index in [0.29, 0.717) is 21.6 Å². The lowest BCUT2D eigenvalue weighted by Crippen LogP contribution is -1.90. The van der Waals surface area contributed by atoms with E-state index in [0.717, 1.165) is 5.56 Å². The lowest BCUT2D eigenvalue weighted by Gasteiger charge is -2.03. The normalized spacial score (nSPS) is 11.0. The van der Waals surface area contributed by atoms with Crippen molar-refractivity contribution < 1.29 is 0 Å². The van der Waals surface area contributed by atoms with Crippen molar-refractivity contribution in [1.82, 2.24) is 0 Å². The Labute approximate surface area is 92.1 Å². The van der Waals surface area contributed by atoms with Gasteiger partial charge in [0.05, 0.1) is 10.7 Å². The number of halogens is 3. The molecule has 0 fully saturated rings. The summed E-state index contributed by atoms with van der Waals surface area (Å²) in [6, 6.07) is 3.35. The van der Waals surface area contributed by atoms with Crippen LogP contribution in [0.4, 0.5) is 5.69 Å². The molecule has 0 saturated carbocycles. The molecule has 0 aliphatic heterocycles. The van der Waals surface area contributed by atoms with Gasteiger partial charge in [-0.05, 0) is 12.1 Å². The third-order valence-electron chi connectivity index (χ3n) is 1.51. The van der Waals surface area contributed by atoms with Crippen molar-refractivity contribution in [3.63, 3.8) is 0 Å². The zero-order valence-electron chi connectivity index (χ0n) is 6.73. The van der Waals surface area contributed by atoms with Gasteiger partial charge in [0.1, 0.15) is 0 Å². The fourth-order valence-electron chi connectivity index (χ4n) is 0.914. The molecule has 4 heteroatoms. The lowest BCUT2D eigenvalue weighted by molar-refractivity contribution is 1.62. The Bertz CT molecular complexity index is 334. The van der Waals surface area contributed by atoms with E-state index in [2.05, 4.69) is 0 Å². The molecule has 0 aliphatic carbocycles. The van der Waals surface area contributed by atoms with Crippen LogP contribution < -0.4 is 5.73 Å². The average Bonchev–Trinajstić information content (AvgIpc) is 2.09. The molecule has 0 radical (unpaired) electrons. The van der Waals surface area contributed by atoms with Gasteiger partial charge in [0.2, 0.25) is 0 Å². The van der Waals surface area contributed by atoms with Crippen LogP contribution in [0.25, 0.3) is 6.08 Å². The van der Waals surface area contributed by atoms with Crippen LogP contribution in [0.2, 0.25) is 10.0 Å². The molecule has 0 aromatic heterocycles. The van der Waals surface area contributed by atoms with Gasteiger partial charge in [0, 0.05) is 16.5 Å². The van der Waals surface area contributed by atoms with Crippen LogP contribution in [-0.4, -0.2) is 5.88 Å². The maximum Gasteiger partial charge on any atom is 0.0656 e. The van der Waals surface area contributed by atoms with Crippen LogP contribution in [0.1, 0.15) is 5.56 Å². The topological polar surface area (TPSA) is 26.0 Å². The summed E-state index contributed by atoms with van der Waals surface area (Å²) in [4.78, 5) is 0. The summed E-state index contributed by atoms with van der Waals surface area (Å²) < 4.78 is 0. The summed E-state index contributed by atoms with van der Waals surface area (Å²) in [5.74, 6) is 0.434. The van der Waals surface area contributed by atoms with Crippen molar-refractivity contribution in [3.05, 3.63) is 33.8 Å². The predicted octanol–water partition coefficient (Wildman–Crippen LogP) is 3.83. The second-order valence-corrected chi connectivity index (χ2v) is 3.60.